The molecule has 0 atom stereocenters. The summed E-state index contributed by atoms with van der Waals surface area (Å²) in [6.45, 7) is 5.81. The number of hydrogen-bond donors (Lipinski definition) is 1. The van der Waals surface area contributed by atoms with Gasteiger partial charge in [0.1, 0.15) is 18.0 Å². The molecule has 1 fully saturated rings. The zero-order valence-electron chi connectivity index (χ0n) is 23.9. The molecule has 0 unspecified atom stereocenters. The Hall–Kier alpha value is -3.92. The van der Waals surface area contributed by atoms with Crippen LogP contribution in [0.5, 0.6) is 0 Å². The van der Waals surface area contributed by atoms with Crippen LogP contribution in [-0.4, -0.2) is 47.7 Å². The molecule has 42 heavy (non-hydrogen) atoms. The minimum Gasteiger partial charge on any atom is -0.356 e. The average Bonchev–Trinajstić information content (AvgIpc) is 3.57. The summed E-state index contributed by atoms with van der Waals surface area (Å²) in [5.41, 5.74) is 7.39. The lowest BCUT2D eigenvalue weighted by molar-refractivity contribution is 0.151. The Kier molecular flexibility index (Phi) is 7.21. The van der Waals surface area contributed by atoms with Crippen molar-refractivity contribution in [2.45, 2.75) is 50.7 Å². The van der Waals surface area contributed by atoms with Gasteiger partial charge in [-0.1, -0.05) is 55.5 Å². The van der Waals surface area contributed by atoms with Crippen molar-refractivity contribution in [1.82, 2.24) is 19.9 Å². The van der Waals surface area contributed by atoms with E-state index in [0.29, 0.717) is 6.42 Å². The number of piperidine rings is 1. The first kappa shape index (κ1) is 28.2. The summed E-state index contributed by atoms with van der Waals surface area (Å²) in [5, 5.41) is 0. The van der Waals surface area contributed by atoms with Gasteiger partial charge < -0.3 is 9.88 Å². The number of benzene rings is 2. The van der Waals surface area contributed by atoms with E-state index in [1.165, 1.54) is 18.4 Å². The van der Waals surface area contributed by atoms with Gasteiger partial charge >= 0.3 is 0 Å². The van der Waals surface area contributed by atoms with Crippen LogP contribution in [0.2, 0.25) is 0 Å². The molecule has 0 amide bonds. The van der Waals surface area contributed by atoms with E-state index >= 15 is 0 Å². The molecule has 218 valence electrons. The predicted octanol–water partition coefficient (Wildman–Crippen LogP) is 6.31. The molecule has 2 aromatic carbocycles. The minimum absolute atomic E-state index is 0.00664. The number of alkyl halides is 2. The largest absolute Gasteiger partial charge is 0.356 e. The molecule has 0 bridgehead atoms. The molecule has 3 heterocycles. The van der Waals surface area contributed by atoms with Crippen molar-refractivity contribution < 1.29 is 17.2 Å². The highest BCUT2D eigenvalue weighted by Gasteiger charge is 2.36. The number of nitrogens with zero attached hydrogens (tertiary/aromatic N) is 4. The van der Waals surface area contributed by atoms with Gasteiger partial charge in [-0.15, -0.1) is 0 Å². The third kappa shape index (κ3) is 5.60. The number of aryl methyl sites for hydroxylation is 1. The first-order valence-corrected chi connectivity index (χ1v) is 16.1. The molecule has 1 N–H and O–H groups in total. The van der Waals surface area contributed by atoms with E-state index in [1.807, 2.05) is 31.2 Å². The van der Waals surface area contributed by atoms with Gasteiger partial charge in [-0.3, -0.25) is 0 Å². The molecule has 6 rings (SSSR count). The number of hydrogen-bond acceptors (Lipinski definition) is 6. The van der Waals surface area contributed by atoms with Gasteiger partial charge in [0.2, 0.25) is 0 Å². The van der Waals surface area contributed by atoms with Gasteiger partial charge in [-0.25, -0.2) is 32.2 Å². The summed E-state index contributed by atoms with van der Waals surface area (Å²) in [5.74, 6) is 1.88. The summed E-state index contributed by atoms with van der Waals surface area (Å²) in [7, 11) is -3.08. The average molecular weight is 590 g/mol. The van der Waals surface area contributed by atoms with Crippen molar-refractivity contribution in [2.75, 3.05) is 24.2 Å². The maximum atomic E-state index is 13.0. The quantitative estimate of drug-likeness (QED) is 0.272. The number of halogens is 2. The second-order valence-electron chi connectivity index (χ2n) is 11.7. The highest BCUT2D eigenvalue weighted by molar-refractivity contribution is 7.89. The van der Waals surface area contributed by atoms with Crippen molar-refractivity contribution in [2.24, 2.45) is 0 Å². The molecule has 0 radical (unpaired) electrons. The van der Waals surface area contributed by atoms with Gasteiger partial charge in [-0.05, 0) is 42.5 Å². The number of imidazole rings is 1. The normalized spacial score (nSPS) is 16.5. The predicted molar refractivity (Wildman–Crippen MR) is 161 cm³/mol. The molecule has 10 heteroatoms. The van der Waals surface area contributed by atoms with E-state index in [2.05, 4.69) is 32.9 Å². The van der Waals surface area contributed by atoms with Gasteiger partial charge in [-0.2, -0.15) is 0 Å². The number of H-pyrrole nitrogens is 1. The summed E-state index contributed by atoms with van der Waals surface area (Å²) >= 11 is 0. The van der Waals surface area contributed by atoms with E-state index in [1.54, 1.807) is 18.5 Å². The second kappa shape index (κ2) is 10.7. The zero-order chi connectivity index (χ0) is 29.6. The van der Waals surface area contributed by atoms with Gasteiger partial charge in [0.05, 0.1) is 17.1 Å². The number of sulfone groups is 1. The number of allylic oxidation sites excluding steroid dienone is 1. The Morgan fingerprint density at radius 1 is 1.00 bits per heavy atom. The molecule has 7 nitrogen and oxygen atoms in total. The topological polar surface area (TPSA) is 91.8 Å². The van der Waals surface area contributed by atoms with Crippen molar-refractivity contribution in [3.8, 4) is 11.3 Å². The number of fused-ring (bicyclic) bond motifs is 1. The van der Waals surface area contributed by atoms with Gasteiger partial charge in [0, 0.05) is 53.6 Å². The first-order chi connectivity index (χ1) is 20.0. The molecule has 2 aromatic heterocycles. The Balaban J connectivity index is 1.18. The number of aromatic amines is 1. The molecule has 1 aliphatic heterocycles. The maximum absolute atomic E-state index is 13.0. The van der Waals surface area contributed by atoms with Crippen LogP contribution in [0.3, 0.4) is 0 Å². The molecular formula is C32H33F2N5O2S. The Morgan fingerprint density at radius 2 is 1.67 bits per heavy atom. The second-order valence-corrected chi connectivity index (χ2v) is 13.8. The molecule has 0 spiro atoms. The van der Waals surface area contributed by atoms with Crippen LogP contribution in [-0.2, 0) is 27.4 Å². The van der Waals surface area contributed by atoms with E-state index in [9.17, 15) is 17.2 Å². The monoisotopic (exact) mass is 589 g/mol. The lowest BCUT2D eigenvalue weighted by atomic mass is 9.79. The third-order valence-corrected chi connectivity index (χ3v) is 9.29. The van der Waals surface area contributed by atoms with E-state index < -0.39 is 16.3 Å². The number of rotatable bonds is 7. The van der Waals surface area contributed by atoms with Crippen LogP contribution in [0, 0.1) is 6.92 Å². The minimum atomic E-state index is -3.08. The van der Waals surface area contributed by atoms with Crippen LogP contribution < -0.4 is 4.90 Å². The third-order valence-electron chi connectivity index (χ3n) is 8.43. The number of anilines is 1. The fourth-order valence-electron chi connectivity index (χ4n) is 5.93. The number of aromatic nitrogens is 4. The maximum Gasteiger partial charge on any atom is 0.263 e. The highest BCUT2D eigenvalue weighted by atomic mass is 32.2. The number of nitrogens with one attached hydrogen (secondary N) is 1. The van der Waals surface area contributed by atoms with Crippen molar-refractivity contribution in [3.63, 3.8) is 0 Å². The Bertz CT molecular complexity index is 1760. The van der Waals surface area contributed by atoms with Crippen LogP contribution in [0.25, 0.3) is 22.9 Å². The lowest BCUT2D eigenvalue weighted by Crippen LogP contribution is -2.42. The summed E-state index contributed by atoms with van der Waals surface area (Å²) in [6.07, 6.45) is 5.00. The SMILES string of the molecule is Cc1[nH]c(C2(C)CCN(c3ncnc4c3C=C(c3ccc(CS(C)(=O)=O)cc3)C4)CC2)nc1-c1ccc(C(F)F)cc1. The fourth-order valence-corrected chi connectivity index (χ4v) is 6.73. The van der Waals surface area contributed by atoms with Crippen molar-refractivity contribution >= 4 is 27.3 Å². The highest BCUT2D eigenvalue weighted by Crippen LogP contribution is 2.40. The summed E-state index contributed by atoms with van der Waals surface area (Å²) in [6, 6.07) is 14.0. The van der Waals surface area contributed by atoms with E-state index in [0.717, 1.165) is 82.5 Å². The summed E-state index contributed by atoms with van der Waals surface area (Å²) in [4.78, 5) is 20.0. The first-order valence-electron chi connectivity index (χ1n) is 14.0. The van der Waals surface area contributed by atoms with Gasteiger partial charge in [0.25, 0.3) is 6.43 Å². The Labute approximate surface area is 244 Å². The van der Waals surface area contributed by atoms with Crippen LogP contribution in [0.15, 0.2) is 54.9 Å². The summed E-state index contributed by atoms with van der Waals surface area (Å²) < 4.78 is 49.3. The molecule has 4 aromatic rings. The van der Waals surface area contributed by atoms with Crippen LogP contribution in [0.1, 0.15) is 65.7 Å². The van der Waals surface area contributed by atoms with Gasteiger partial charge in [0.15, 0.2) is 9.84 Å². The lowest BCUT2D eigenvalue weighted by Gasteiger charge is -2.39. The molecular weight excluding hydrogens is 556 g/mol. The van der Waals surface area contributed by atoms with E-state index in [-0.39, 0.29) is 16.7 Å². The van der Waals surface area contributed by atoms with Crippen molar-refractivity contribution in [3.05, 3.63) is 94.3 Å². The molecule has 1 aliphatic carbocycles. The molecule has 1 saturated heterocycles. The molecule has 0 saturated carbocycles. The zero-order valence-corrected chi connectivity index (χ0v) is 24.7. The Morgan fingerprint density at radius 3 is 2.31 bits per heavy atom. The fraction of sp³-hybridized carbons (Fsp3) is 0.344. The van der Waals surface area contributed by atoms with E-state index in [4.69, 9.17) is 4.98 Å². The van der Waals surface area contributed by atoms with Crippen LogP contribution in [0.4, 0.5) is 14.6 Å². The standard InChI is InChI=1S/C32H33F2N5O2S/c1-20-28(23-8-10-24(11-9-23)29(33)34)38-31(37-20)32(2)12-14-39(15-13-32)30-26-16-25(17-27(26)35-19-36-30)22-6-4-21(5-7-22)18-42(3,40)41/h4-11,16,19,29H,12-15,17-18H2,1-3H3,(H,37,38). The van der Waals surface area contributed by atoms with Crippen LogP contribution >= 0.6 is 0 Å². The smallest absolute Gasteiger partial charge is 0.263 e. The molecule has 2 aliphatic rings. The van der Waals surface area contributed by atoms with Crippen molar-refractivity contribution in [1.29, 1.82) is 0 Å².